The summed E-state index contributed by atoms with van der Waals surface area (Å²) < 4.78 is 42.0. The fraction of sp³-hybridized carbons (Fsp3) is 0.591. The molecule has 28 heavy (non-hydrogen) atoms. The average Bonchev–Trinajstić information content (AvgIpc) is 3.30. The van der Waals surface area contributed by atoms with Crippen LogP contribution in [0.1, 0.15) is 58.3 Å². The van der Waals surface area contributed by atoms with Crippen molar-refractivity contribution in [2.24, 2.45) is 11.3 Å². The Hall–Kier alpha value is -1.25. The molecule has 1 fully saturated rings. The molecule has 0 heterocycles. The number of ketones is 1. The van der Waals surface area contributed by atoms with Gasteiger partial charge in [0, 0.05) is 16.5 Å². The van der Waals surface area contributed by atoms with E-state index in [4.69, 9.17) is 11.6 Å². The molecule has 1 aromatic carbocycles. The summed E-state index contributed by atoms with van der Waals surface area (Å²) in [4.78, 5) is 12.7. The van der Waals surface area contributed by atoms with Gasteiger partial charge in [-0.1, -0.05) is 59.1 Å². The first-order chi connectivity index (χ1) is 12.8. The van der Waals surface area contributed by atoms with Gasteiger partial charge in [-0.25, -0.2) is 0 Å². The number of carbonyl (C=O) groups is 1. The Bertz CT molecular complexity index is 765. The highest BCUT2D eigenvalue weighted by Crippen LogP contribution is 2.63. The van der Waals surface area contributed by atoms with Gasteiger partial charge < -0.3 is 0 Å². The van der Waals surface area contributed by atoms with Crippen LogP contribution in [0.4, 0.5) is 13.2 Å². The van der Waals surface area contributed by atoms with Crippen LogP contribution >= 0.6 is 11.6 Å². The molecule has 2 rings (SSSR count). The van der Waals surface area contributed by atoms with Crippen LogP contribution in [-0.2, 0) is 0 Å². The average molecular weight is 429 g/mol. The predicted molar refractivity (Wildman–Crippen MR) is 111 cm³/mol. The van der Waals surface area contributed by atoms with Crippen LogP contribution in [-0.4, -0.2) is 20.0 Å². The lowest BCUT2D eigenvalue weighted by Gasteiger charge is -2.38. The Morgan fingerprint density at radius 2 is 1.54 bits per heavy atom. The third kappa shape index (κ3) is 3.91. The van der Waals surface area contributed by atoms with E-state index in [1.807, 2.05) is 0 Å². The van der Waals surface area contributed by atoms with Crippen molar-refractivity contribution in [1.82, 2.24) is 0 Å². The molecule has 0 spiro atoms. The van der Waals surface area contributed by atoms with Gasteiger partial charge in [-0.2, -0.15) is 13.2 Å². The second-order valence-corrected chi connectivity index (χ2v) is 14.8. The van der Waals surface area contributed by atoms with Gasteiger partial charge in [-0.3, -0.25) is 4.79 Å². The largest absolute Gasteiger partial charge is 0.405 e. The van der Waals surface area contributed by atoms with Gasteiger partial charge in [0.05, 0.1) is 0 Å². The molecule has 2 unspecified atom stereocenters. The van der Waals surface area contributed by atoms with Crippen LogP contribution in [0.3, 0.4) is 0 Å². The fourth-order valence-electron chi connectivity index (χ4n) is 4.57. The number of benzene rings is 1. The number of halogens is 4. The van der Waals surface area contributed by atoms with E-state index in [1.165, 1.54) is 24.3 Å². The lowest BCUT2D eigenvalue weighted by atomic mass is 9.98. The number of hydrogen-bond acceptors (Lipinski definition) is 1. The molecule has 1 saturated carbocycles. The van der Waals surface area contributed by atoms with Crippen molar-refractivity contribution in [3.8, 4) is 11.5 Å². The van der Waals surface area contributed by atoms with Crippen molar-refractivity contribution in [1.29, 1.82) is 0 Å². The first-order valence-corrected chi connectivity index (χ1v) is 12.3. The fourth-order valence-corrected chi connectivity index (χ4v) is 10.0. The minimum atomic E-state index is -4.53. The van der Waals surface area contributed by atoms with Crippen LogP contribution in [0.25, 0.3) is 0 Å². The molecule has 0 saturated heterocycles. The van der Waals surface area contributed by atoms with E-state index < -0.39 is 31.4 Å². The first-order valence-electron chi connectivity index (χ1n) is 9.70. The molecular weight excluding hydrogens is 401 g/mol. The molecule has 2 atom stereocenters. The smallest absolute Gasteiger partial charge is 0.294 e. The highest BCUT2D eigenvalue weighted by Gasteiger charge is 2.72. The second-order valence-electron chi connectivity index (χ2n) is 8.74. The first kappa shape index (κ1) is 23.0. The van der Waals surface area contributed by atoms with E-state index in [0.29, 0.717) is 5.02 Å². The summed E-state index contributed by atoms with van der Waals surface area (Å²) in [5, 5.41) is 0.441. The zero-order valence-electron chi connectivity index (χ0n) is 17.2. The van der Waals surface area contributed by atoms with Gasteiger partial charge in [0.15, 0.2) is 5.78 Å². The quantitative estimate of drug-likeness (QED) is 0.273. The van der Waals surface area contributed by atoms with E-state index in [1.54, 1.807) is 0 Å². The van der Waals surface area contributed by atoms with Gasteiger partial charge in [0.25, 0.3) is 0 Å². The molecule has 154 valence electrons. The molecule has 6 heteroatoms. The maximum absolute atomic E-state index is 14.0. The summed E-state index contributed by atoms with van der Waals surface area (Å²) in [6.07, 6.45) is -4.79. The third-order valence-electron chi connectivity index (χ3n) is 6.28. The van der Waals surface area contributed by atoms with Gasteiger partial charge in [-0.05, 0) is 47.3 Å². The van der Waals surface area contributed by atoms with E-state index in [9.17, 15) is 18.0 Å². The normalized spacial score (nSPS) is 22.4. The van der Waals surface area contributed by atoms with E-state index in [-0.39, 0.29) is 28.6 Å². The Labute approximate surface area is 172 Å². The molecule has 0 N–H and O–H groups in total. The molecule has 1 aliphatic carbocycles. The summed E-state index contributed by atoms with van der Waals surface area (Å²) in [6.45, 7) is 12.4. The second kappa shape index (κ2) is 7.87. The minimum absolute atomic E-state index is 0.231. The topological polar surface area (TPSA) is 17.1 Å². The number of alkyl halides is 3. The monoisotopic (exact) mass is 428 g/mol. The number of Topliss-reactive ketones (excluding diaryl/α,β-unsaturated/α-hetero) is 1. The molecule has 1 nitrogen and oxygen atoms in total. The molecule has 0 radical (unpaired) electrons. The lowest BCUT2D eigenvalue weighted by Crippen LogP contribution is -2.43. The molecule has 0 amide bonds. The number of hydrogen-bond donors (Lipinski definition) is 0. The van der Waals surface area contributed by atoms with Crippen LogP contribution in [0.5, 0.6) is 0 Å². The van der Waals surface area contributed by atoms with Crippen molar-refractivity contribution >= 4 is 25.5 Å². The zero-order chi connectivity index (χ0) is 21.5. The Kier molecular flexibility index (Phi) is 6.48. The van der Waals surface area contributed by atoms with Gasteiger partial charge in [0.2, 0.25) is 0 Å². The molecule has 1 aromatic rings. The SMILES string of the molecule is CC(C)[Si](C#CC1(C(F)(F)F)CC1C(=O)c1ccc(Cl)cc1)(C(C)C)C(C)C. The van der Waals surface area contributed by atoms with E-state index in [2.05, 4.69) is 53.0 Å². The Morgan fingerprint density at radius 3 is 1.93 bits per heavy atom. The van der Waals surface area contributed by atoms with Crippen LogP contribution in [0, 0.1) is 22.8 Å². The summed E-state index contributed by atoms with van der Waals surface area (Å²) in [6, 6.07) is 6.00. The zero-order valence-corrected chi connectivity index (χ0v) is 19.0. The number of rotatable bonds is 5. The molecule has 0 aliphatic heterocycles. The van der Waals surface area contributed by atoms with Crippen molar-refractivity contribution in [3.05, 3.63) is 34.9 Å². The van der Waals surface area contributed by atoms with Gasteiger partial charge in [0.1, 0.15) is 13.5 Å². The lowest BCUT2D eigenvalue weighted by molar-refractivity contribution is -0.171. The maximum Gasteiger partial charge on any atom is 0.405 e. The van der Waals surface area contributed by atoms with Crippen molar-refractivity contribution < 1.29 is 18.0 Å². The third-order valence-corrected chi connectivity index (χ3v) is 12.8. The summed E-state index contributed by atoms with van der Waals surface area (Å²) >= 11 is 5.82. The Morgan fingerprint density at radius 1 is 1.07 bits per heavy atom. The Balaban J connectivity index is 2.47. The highest BCUT2D eigenvalue weighted by molar-refractivity contribution is 6.90. The van der Waals surface area contributed by atoms with E-state index in [0.717, 1.165) is 0 Å². The van der Waals surface area contributed by atoms with Crippen molar-refractivity contribution in [2.75, 3.05) is 0 Å². The molecular formula is C22H28ClF3OSi. The molecule has 0 aromatic heterocycles. The van der Waals surface area contributed by atoms with E-state index >= 15 is 0 Å². The standard InChI is InChI=1S/C22H28ClF3OSi/c1-14(2)28(15(3)4,16(5)6)12-11-21(22(24,25)26)13-19(21)20(27)17-7-9-18(23)10-8-17/h7-10,14-16,19H,13H2,1-6H3. The van der Waals surface area contributed by atoms with Gasteiger partial charge in [-0.15, -0.1) is 5.54 Å². The summed E-state index contributed by atoms with van der Waals surface area (Å²) in [5.41, 5.74) is 1.91. The summed E-state index contributed by atoms with van der Waals surface area (Å²) in [7, 11) is -2.32. The van der Waals surface area contributed by atoms with Crippen molar-refractivity contribution in [3.63, 3.8) is 0 Å². The van der Waals surface area contributed by atoms with Crippen LogP contribution in [0.15, 0.2) is 24.3 Å². The highest BCUT2D eigenvalue weighted by atomic mass is 35.5. The van der Waals surface area contributed by atoms with Crippen LogP contribution in [0.2, 0.25) is 21.6 Å². The molecule has 0 bridgehead atoms. The molecule has 1 aliphatic rings. The predicted octanol–water partition coefficient (Wildman–Crippen LogP) is 7.31. The minimum Gasteiger partial charge on any atom is -0.294 e. The van der Waals surface area contributed by atoms with Crippen molar-refractivity contribution in [2.45, 2.75) is 70.8 Å². The van der Waals surface area contributed by atoms with Crippen LogP contribution < -0.4 is 0 Å². The summed E-state index contributed by atoms with van der Waals surface area (Å²) in [5.74, 6) is 1.00. The number of carbonyl (C=O) groups excluding carboxylic acids is 1. The maximum atomic E-state index is 14.0. The van der Waals surface area contributed by atoms with Gasteiger partial charge >= 0.3 is 6.18 Å².